The van der Waals surface area contributed by atoms with Gasteiger partial charge in [0, 0.05) is 113 Å². The molecule has 6 N–H and O–H groups in total. The Morgan fingerprint density at radius 2 is 0.664 bits per heavy atom. The summed E-state index contributed by atoms with van der Waals surface area (Å²) in [5.41, 5.74) is 0.711. The van der Waals surface area contributed by atoms with Gasteiger partial charge in [0.05, 0.1) is 75.0 Å². The number of benzene rings is 4. The number of ether oxygens (including phenoxy) is 10. The average Bonchev–Trinajstić information content (AvgIpc) is 1.63. The zero-order valence-electron chi connectivity index (χ0n) is 84.5. The monoisotopic (exact) mass is 2120 g/mol. The van der Waals surface area contributed by atoms with Crippen molar-refractivity contribution in [3.8, 4) is 0 Å². The van der Waals surface area contributed by atoms with E-state index in [-0.39, 0.29) is 100 Å². The number of nitrogens with zero attached hydrogens (tertiary/aromatic N) is 11. The molecule has 8 heterocycles. The molecule has 2 aromatic heterocycles. The van der Waals surface area contributed by atoms with Gasteiger partial charge in [0.25, 0.3) is 0 Å². The predicted molar refractivity (Wildman–Crippen MR) is 532 cm³/mol. The number of thiocarbonyl (C=S) groups is 1. The van der Waals surface area contributed by atoms with E-state index in [1.54, 1.807) is 112 Å². The first-order valence-electron chi connectivity index (χ1n) is 46.0. The van der Waals surface area contributed by atoms with Crippen LogP contribution >= 0.6 is 71.0 Å². The van der Waals surface area contributed by atoms with Gasteiger partial charge in [0.15, 0.2) is 11.6 Å². The van der Waals surface area contributed by atoms with Crippen LogP contribution in [0.4, 0.5) is 24.0 Å². The number of carbonyl (C=O) groups is 13. The molecule has 6 saturated heterocycles. The summed E-state index contributed by atoms with van der Waals surface area (Å²) in [5.74, 6) is -1.49. The number of carbonyl (C=O) groups excluding carboxylic acids is 11. The smallest absolute Gasteiger partial charge is 0.411 e. The van der Waals surface area contributed by atoms with Gasteiger partial charge in [-0.1, -0.05) is 107 Å². The lowest BCUT2D eigenvalue weighted by molar-refractivity contribution is -0.147. The first-order chi connectivity index (χ1) is 66.0. The Kier molecular flexibility index (Phi) is 44.9. The molecule has 0 unspecified atom stereocenters. The van der Waals surface area contributed by atoms with E-state index in [4.69, 9.17) is 116 Å². The lowest BCUT2D eigenvalue weighted by Crippen LogP contribution is -2.47. The molecular weight excluding hydrogens is 1990 g/mol. The topological polar surface area (TPSA) is 489 Å². The largest absolute Gasteiger partial charge is 0.480 e. The standard InChI is InChI=1S/C21H27ClN4O4.C19H25ClN2O5.C19H25ClN2O4S.C16H19ClN4O2.C12H19NO6.C10H17NO5.ClH/c1-13-23-24-19(25(13)11-15-6-8-16(22)9-7-15)18-10-17(29-14(2)27)12-26(18)20(28)30-21(3,4)5;1-12(23)26-15-9-16(22(11-15)18(25)27-19(2,3)4)17(24)21-10-13-5-7-14(20)8-6-13;1-12(23)25-15-9-16(22(11-15)18(24)26-19(2,3)4)17(27)21-10-13-5-7-14(20)8-6-13;1-10-19-20-16(15-7-14(8-18-15)23-11(2)22)21(10)9-12-3-5-13(17)6-4-12;1-7(14)18-8-5-9(10(15)16)13(6-8)11(17)19-12(2,3)4;1-10(2,3)16-9(15)11-5-6(12)4-7(11)8(13)14;/h6-9,17-18H,10-12H2,1-5H3;5-8,15-16H,9-11H2,1-4H3,(H,21,24);5-8,15-16H,9-11H2,1-4H3,(H,21,27);3-6,14-15,18H,7-9H2,1-2H3;8-9H,5-6H2,1-4H3,(H,15,16);6-7,12H,4-5H2,1-3H3,(H,13,14);1H/t17-,18-;2*15-,16-;14-,15-;8-,9-;6-,7-;/m111111./s1. The molecule has 6 aromatic rings. The number of rotatable bonds is 19. The number of aliphatic hydroxyl groups is 1. The molecule has 0 saturated carbocycles. The van der Waals surface area contributed by atoms with Crippen molar-refractivity contribution in [1.29, 1.82) is 0 Å². The number of amides is 6. The van der Waals surface area contributed by atoms with Crippen molar-refractivity contribution >= 4 is 154 Å². The van der Waals surface area contributed by atoms with Crippen LogP contribution in [0.5, 0.6) is 0 Å². The molecule has 143 heavy (non-hydrogen) atoms. The highest BCUT2D eigenvalue weighted by molar-refractivity contribution is 7.80. The minimum Gasteiger partial charge on any atom is -0.480 e. The molecule has 40 nitrogen and oxygen atoms in total. The van der Waals surface area contributed by atoms with Crippen LogP contribution in [-0.2, 0) is 112 Å². The third-order valence-corrected chi connectivity index (χ3v) is 22.6. The SMILES string of the molecule is CC(=O)O[C@@H]1C[C@H](C(=O)NCc2ccc(Cl)cc2)N(C(=O)OC(C)(C)C)C1.CC(=O)O[C@@H]1C[C@H](C(=O)O)N(C(=O)OC(C)(C)C)C1.CC(=O)O[C@@H]1C[C@H](C(=S)NCc2ccc(Cl)cc2)N(C(=O)OC(C)(C)C)C1.CC(=O)O[C@@H]1C[C@H](c2nnc(C)n2Cc2ccc(Cl)cc2)N(C(=O)OC(C)(C)C)C1.CC(=O)O[C@H]1CN[C@@H](c2nnc(C)n2Cc2ccc(Cl)cc2)C1.CC(C)(C)OC(=O)N1C[C@H](O)C[C@@H]1C(=O)O.Cl. The van der Waals surface area contributed by atoms with Crippen LogP contribution in [0.3, 0.4) is 0 Å². The second kappa shape index (κ2) is 53.4. The van der Waals surface area contributed by atoms with Gasteiger partial charge in [-0.2, -0.15) is 0 Å². The van der Waals surface area contributed by atoms with E-state index >= 15 is 0 Å². The van der Waals surface area contributed by atoms with Crippen molar-refractivity contribution in [1.82, 2.24) is 70.0 Å². The van der Waals surface area contributed by atoms with Gasteiger partial charge < -0.3 is 87.8 Å². The highest BCUT2D eigenvalue weighted by atomic mass is 35.5. The third kappa shape index (κ3) is 40.6. The highest BCUT2D eigenvalue weighted by Crippen LogP contribution is 2.37. The number of halogens is 5. The fraction of sp³-hybridized carbons (Fsp3) is 0.567. The molecule has 6 fully saturated rings. The molecular formula is C97H133Cl5N14O26S. The van der Waals surface area contributed by atoms with Crippen molar-refractivity contribution in [3.05, 3.63) is 163 Å². The van der Waals surface area contributed by atoms with Gasteiger partial charge in [-0.3, -0.25) is 53.3 Å². The summed E-state index contributed by atoms with van der Waals surface area (Å²) in [6, 6.07) is 26.2. The number of aliphatic carboxylic acids is 2. The van der Waals surface area contributed by atoms with Crippen molar-refractivity contribution < 1.29 is 125 Å². The summed E-state index contributed by atoms with van der Waals surface area (Å²) in [6.07, 6.45) is -3.93. The van der Waals surface area contributed by atoms with E-state index < -0.39 is 143 Å². The normalized spacial score (nSPS) is 20.6. The van der Waals surface area contributed by atoms with Crippen LogP contribution in [0.25, 0.3) is 0 Å². The number of esters is 5. The van der Waals surface area contributed by atoms with E-state index in [1.165, 1.54) is 44.4 Å². The molecule has 0 aliphatic carbocycles. The molecule has 6 aliphatic rings. The number of hydrogen-bond acceptors (Lipinski definition) is 30. The lowest BCUT2D eigenvalue weighted by atomic mass is 10.1. The first kappa shape index (κ1) is 120. The maximum atomic E-state index is 12.9. The van der Waals surface area contributed by atoms with Crippen LogP contribution in [-0.4, -0.2) is 281 Å². The Bertz CT molecular complexity index is 5240. The zero-order chi connectivity index (χ0) is 106. The second-order valence-corrected chi connectivity index (χ2v) is 41.6. The van der Waals surface area contributed by atoms with Gasteiger partial charge in [-0.05, 0) is 188 Å². The van der Waals surface area contributed by atoms with Crippen molar-refractivity contribution in [3.63, 3.8) is 0 Å². The van der Waals surface area contributed by atoms with Gasteiger partial charge in [-0.25, -0.2) is 33.6 Å². The Balaban J connectivity index is 0.000000265. The summed E-state index contributed by atoms with van der Waals surface area (Å²) >= 11 is 29.2. The van der Waals surface area contributed by atoms with Crippen LogP contribution in [0.15, 0.2) is 97.1 Å². The molecule has 6 aliphatic heterocycles. The number of hydrogen-bond donors (Lipinski definition) is 6. The zero-order valence-corrected chi connectivity index (χ0v) is 89.1. The van der Waals surface area contributed by atoms with Crippen molar-refractivity contribution in [2.75, 3.05) is 39.3 Å². The van der Waals surface area contributed by atoms with E-state index in [2.05, 4.69) is 40.9 Å². The van der Waals surface area contributed by atoms with Gasteiger partial charge in [0.1, 0.15) is 88.3 Å². The maximum absolute atomic E-state index is 12.9. The van der Waals surface area contributed by atoms with Crippen molar-refractivity contribution in [2.45, 2.75) is 318 Å². The van der Waals surface area contributed by atoms with Gasteiger partial charge >= 0.3 is 72.3 Å². The summed E-state index contributed by atoms with van der Waals surface area (Å²) in [5, 5.41) is 56.4. The highest BCUT2D eigenvalue weighted by Gasteiger charge is 2.48. The van der Waals surface area contributed by atoms with Gasteiger partial charge in [0.2, 0.25) is 5.91 Å². The average molecular weight is 2120 g/mol. The number of aromatic nitrogens is 6. The minimum absolute atomic E-state index is 0. The van der Waals surface area contributed by atoms with Crippen LogP contribution in [0, 0.1) is 13.8 Å². The molecule has 0 spiro atoms. The summed E-state index contributed by atoms with van der Waals surface area (Å²) < 4.78 is 56.8. The Morgan fingerprint density at radius 3 is 1.03 bits per heavy atom. The first-order valence-corrected chi connectivity index (χ1v) is 47.9. The predicted octanol–water partition coefficient (Wildman–Crippen LogP) is 14.6. The molecule has 0 bridgehead atoms. The molecule has 6 amide bonds. The number of aryl methyl sites for hydroxylation is 2. The maximum Gasteiger partial charge on any atom is 0.411 e. The minimum atomic E-state index is -1.14. The Morgan fingerprint density at radius 1 is 0.378 bits per heavy atom. The van der Waals surface area contributed by atoms with Crippen LogP contribution < -0.4 is 16.0 Å². The molecule has 46 heteroatoms. The fourth-order valence-electron chi connectivity index (χ4n) is 15.4. The van der Waals surface area contributed by atoms with E-state index in [9.17, 15) is 67.4 Å². The second-order valence-electron chi connectivity index (χ2n) is 39.4. The van der Waals surface area contributed by atoms with Crippen molar-refractivity contribution in [2.24, 2.45) is 0 Å². The number of carboxylic acid groups (broad SMARTS) is 2. The molecule has 12 atom stereocenters. The van der Waals surface area contributed by atoms with E-state index in [1.807, 2.05) is 112 Å². The molecule has 4 aromatic carbocycles. The van der Waals surface area contributed by atoms with E-state index in [0.717, 1.165) is 54.5 Å². The quantitative estimate of drug-likeness (QED) is 0.0249. The number of nitrogens with one attached hydrogen (secondary N) is 3. The number of aliphatic hydroxyl groups excluding tert-OH is 1. The Hall–Kier alpha value is -11.5. The Labute approximate surface area is 863 Å². The number of likely N-dealkylation sites (tertiary alicyclic amines) is 5. The fourth-order valence-corrected chi connectivity index (χ4v) is 16.2. The lowest BCUT2D eigenvalue weighted by Gasteiger charge is -2.29. The summed E-state index contributed by atoms with van der Waals surface area (Å²) in [4.78, 5) is 159. The molecule has 12 rings (SSSR count). The summed E-state index contributed by atoms with van der Waals surface area (Å²) in [7, 11) is 0. The number of carboxylic acids is 2. The molecule has 788 valence electrons. The third-order valence-electron chi connectivity index (χ3n) is 21.2. The molecule has 0 radical (unpaired) electrons. The van der Waals surface area contributed by atoms with Gasteiger partial charge in [-0.15, -0.1) is 32.8 Å². The van der Waals surface area contributed by atoms with Crippen LogP contribution in [0.1, 0.15) is 235 Å². The van der Waals surface area contributed by atoms with Crippen LogP contribution in [0.2, 0.25) is 20.1 Å². The number of β-amino-alcohol motifs (C(OH)–C–C–N with tert-alkyl or cyclic N) is 1. The summed E-state index contributed by atoms with van der Waals surface area (Å²) in [6.45, 7) is 40.1. The van der Waals surface area contributed by atoms with E-state index in [0.29, 0.717) is 77.9 Å².